The zero-order chi connectivity index (χ0) is 27.4. The quantitative estimate of drug-likeness (QED) is 0.186. The van der Waals surface area contributed by atoms with Crippen molar-refractivity contribution in [3.8, 4) is 18.1 Å². The minimum absolute atomic E-state index is 0.0229. The summed E-state index contributed by atoms with van der Waals surface area (Å²) >= 11 is 0. The average molecular weight is 511 g/mol. The number of primary amides is 1. The maximum absolute atomic E-state index is 13.6. The number of ketones is 2. The number of benzene rings is 1. The number of nitrogens with two attached hydrogens (primary N) is 1. The summed E-state index contributed by atoms with van der Waals surface area (Å²) in [6.07, 6.45) is 4.18. The first-order valence-corrected chi connectivity index (χ1v) is 11.2. The van der Waals surface area contributed by atoms with Gasteiger partial charge in [0, 0.05) is 11.5 Å². The molecule has 0 spiro atoms. The van der Waals surface area contributed by atoms with Crippen molar-refractivity contribution in [1.82, 2.24) is 4.90 Å². The number of aromatic hydroxyl groups is 1. The molecule has 0 fully saturated rings. The summed E-state index contributed by atoms with van der Waals surface area (Å²) in [5.41, 5.74) is 1.39. The third kappa shape index (κ3) is 3.71. The lowest BCUT2D eigenvalue weighted by Crippen LogP contribution is -2.63. The number of nitrogens with one attached hydrogen (secondary N) is 1. The van der Waals surface area contributed by atoms with Crippen LogP contribution < -0.4 is 11.1 Å². The monoisotopic (exact) mass is 511 g/mol. The van der Waals surface area contributed by atoms with Crippen LogP contribution in [0.15, 0.2) is 34.8 Å². The Bertz CT molecular complexity index is 1350. The maximum atomic E-state index is 13.6. The molecular formula is C25H25N3O9. The van der Waals surface area contributed by atoms with E-state index < -0.39 is 69.9 Å². The lowest BCUT2D eigenvalue weighted by molar-refractivity contribution is -0.148. The van der Waals surface area contributed by atoms with E-state index in [1.54, 1.807) is 14.1 Å². The smallest absolute Gasteiger partial charge is 0.412 e. The predicted molar refractivity (Wildman–Crippen MR) is 127 cm³/mol. The highest BCUT2D eigenvalue weighted by Crippen LogP contribution is 2.52. The number of rotatable bonds is 4. The van der Waals surface area contributed by atoms with Crippen LogP contribution in [0.4, 0.5) is 10.5 Å². The van der Waals surface area contributed by atoms with E-state index in [9.17, 15) is 39.6 Å². The zero-order valence-electron chi connectivity index (χ0n) is 19.9. The standard InChI is InChI=1S/C25H25N3O9/c1-4-7-37-24(35)27-13-6-5-10-8-11-9-12-17(28(2)3)20(31)16(23(26)34)22(33)25(12,36)21(32)15(11)19(30)14(10)18(13)29/h1,5-6,11-12,17,29,31-32,36H,7-9H2,2-3H3,(H2,26,34)(H,27,35)/t11-,12+,17+,25-/m0/s1. The highest BCUT2D eigenvalue weighted by molar-refractivity contribution is 6.25. The Morgan fingerprint density at radius 2 is 1.95 bits per heavy atom. The van der Waals surface area contributed by atoms with Crippen LogP contribution in [0.5, 0.6) is 5.75 Å². The van der Waals surface area contributed by atoms with E-state index >= 15 is 0 Å². The number of ether oxygens (including phenoxy) is 1. The van der Waals surface area contributed by atoms with Gasteiger partial charge in [0.05, 0.1) is 17.3 Å². The number of carbonyl (C=O) groups is 4. The number of anilines is 1. The fourth-order valence-electron chi connectivity index (χ4n) is 5.58. The number of aliphatic hydroxyl groups excluding tert-OH is 2. The van der Waals surface area contributed by atoms with Crippen molar-refractivity contribution < 1.29 is 44.3 Å². The van der Waals surface area contributed by atoms with E-state index in [2.05, 4.69) is 11.2 Å². The number of nitrogens with zero attached hydrogens (tertiary/aromatic N) is 1. The van der Waals surface area contributed by atoms with Gasteiger partial charge in [-0.1, -0.05) is 12.0 Å². The molecule has 0 bridgehead atoms. The lowest BCUT2D eigenvalue weighted by Gasteiger charge is -2.50. The summed E-state index contributed by atoms with van der Waals surface area (Å²) in [4.78, 5) is 52.2. The fraction of sp³-hybridized carbons (Fsp3) is 0.360. The van der Waals surface area contributed by atoms with Gasteiger partial charge in [-0.25, -0.2) is 4.79 Å². The van der Waals surface area contributed by atoms with Gasteiger partial charge < -0.3 is 30.9 Å². The number of hydrogen-bond donors (Lipinski definition) is 6. The number of phenolic OH excluding ortho intramolecular Hbond substituents is 1. The van der Waals surface area contributed by atoms with Gasteiger partial charge in [-0.05, 0) is 44.5 Å². The molecule has 37 heavy (non-hydrogen) atoms. The molecule has 3 aliphatic carbocycles. The van der Waals surface area contributed by atoms with Crippen LogP contribution in [0.1, 0.15) is 22.3 Å². The Kier molecular flexibility index (Phi) is 6.23. The molecule has 0 unspecified atom stereocenters. The first kappa shape index (κ1) is 25.7. The minimum atomic E-state index is -2.73. The number of amides is 2. The predicted octanol–water partition coefficient (Wildman–Crippen LogP) is 0.302. The van der Waals surface area contributed by atoms with Gasteiger partial charge in [-0.2, -0.15) is 0 Å². The molecular weight excluding hydrogens is 486 g/mol. The Balaban J connectivity index is 1.84. The topological polar surface area (TPSA) is 200 Å². The molecule has 0 heterocycles. The van der Waals surface area contributed by atoms with Gasteiger partial charge in [0.25, 0.3) is 5.91 Å². The summed E-state index contributed by atoms with van der Waals surface area (Å²) in [6, 6.07) is 1.81. The van der Waals surface area contributed by atoms with Gasteiger partial charge >= 0.3 is 6.09 Å². The van der Waals surface area contributed by atoms with Crippen molar-refractivity contribution in [2.24, 2.45) is 17.6 Å². The van der Waals surface area contributed by atoms with Crippen molar-refractivity contribution in [2.75, 3.05) is 26.0 Å². The molecule has 0 radical (unpaired) electrons. The molecule has 0 aromatic heterocycles. The second-order valence-corrected chi connectivity index (χ2v) is 9.36. The number of likely N-dealkylation sites (N-methyl/N-ethyl adjacent to an activating group) is 1. The van der Waals surface area contributed by atoms with Gasteiger partial charge in [0.1, 0.15) is 17.1 Å². The first-order chi connectivity index (χ1) is 17.4. The van der Waals surface area contributed by atoms with Crippen LogP contribution in [0.2, 0.25) is 0 Å². The van der Waals surface area contributed by atoms with Gasteiger partial charge in [0.15, 0.2) is 23.7 Å². The average Bonchev–Trinajstić information content (AvgIpc) is 2.81. The Morgan fingerprint density at radius 1 is 1.27 bits per heavy atom. The molecule has 0 saturated carbocycles. The molecule has 0 saturated heterocycles. The molecule has 1 aromatic carbocycles. The van der Waals surface area contributed by atoms with Crippen LogP contribution in [0.3, 0.4) is 0 Å². The van der Waals surface area contributed by atoms with Crippen LogP contribution in [0.25, 0.3) is 0 Å². The number of Topliss-reactive ketones (excluding diaryl/α,β-unsaturated/α-hetero) is 2. The maximum Gasteiger partial charge on any atom is 0.412 e. The van der Waals surface area contributed by atoms with E-state index in [4.69, 9.17) is 16.9 Å². The fourth-order valence-corrected chi connectivity index (χ4v) is 5.58. The number of fused-ring (bicyclic) bond motifs is 3. The molecule has 194 valence electrons. The van der Waals surface area contributed by atoms with Crippen molar-refractivity contribution in [3.63, 3.8) is 0 Å². The highest BCUT2D eigenvalue weighted by atomic mass is 16.5. The molecule has 3 aliphatic rings. The molecule has 7 N–H and O–H groups in total. The van der Waals surface area contributed by atoms with E-state index in [0.29, 0.717) is 5.56 Å². The van der Waals surface area contributed by atoms with E-state index in [0.717, 1.165) is 0 Å². The van der Waals surface area contributed by atoms with Gasteiger partial charge in [0.2, 0.25) is 5.78 Å². The van der Waals surface area contributed by atoms with E-state index in [1.165, 1.54) is 17.0 Å². The number of phenols is 1. The second-order valence-electron chi connectivity index (χ2n) is 9.36. The van der Waals surface area contributed by atoms with Crippen LogP contribution >= 0.6 is 0 Å². The molecule has 0 aliphatic heterocycles. The molecule has 4 atom stereocenters. The zero-order valence-corrected chi connectivity index (χ0v) is 19.9. The van der Waals surface area contributed by atoms with Gasteiger partial charge in [-0.15, -0.1) is 6.42 Å². The number of carbonyl (C=O) groups excluding carboxylic acids is 4. The third-order valence-electron chi connectivity index (χ3n) is 7.12. The number of allylic oxidation sites excluding steroid dienone is 1. The Hall–Kier alpha value is -4.34. The number of hydrogen-bond acceptors (Lipinski definition) is 10. The normalized spacial score (nSPS) is 26.7. The third-order valence-corrected chi connectivity index (χ3v) is 7.12. The summed E-state index contributed by atoms with van der Waals surface area (Å²) < 4.78 is 4.71. The minimum Gasteiger partial charge on any atom is -0.510 e. The summed E-state index contributed by atoms with van der Waals surface area (Å²) in [6.45, 7) is -0.322. The Morgan fingerprint density at radius 3 is 2.54 bits per heavy atom. The molecule has 2 amide bonds. The largest absolute Gasteiger partial charge is 0.510 e. The van der Waals surface area contributed by atoms with Crippen molar-refractivity contribution in [2.45, 2.75) is 24.5 Å². The van der Waals surface area contributed by atoms with Crippen molar-refractivity contribution in [1.29, 1.82) is 0 Å². The number of terminal acetylenes is 1. The lowest BCUT2D eigenvalue weighted by atomic mass is 9.58. The summed E-state index contributed by atoms with van der Waals surface area (Å²) in [5, 5.41) is 46.6. The summed E-state index contributed by atoms with van der Waals surface area (Å²) in [7, 11) is 3.10. The second kappa shape index (κ2) is 8.95. The first-order valence-electron chi connectivity index (χ1n) is 11.2. The van der Waals surface area contributed by atoms with E-state index in [1.807, 2.05) is 0 Å². The SMILES string of the molecule is C#CCOC(=O)Nc1ccc2c(c1O)C(=O)C1=C(O)[C@]3(O)C(=O)C(C(N)=O)=C(O)[C@H](N(C)C)[C@H]3C[C@@H]1C2. The van der Waals surface area contributed by atoms with Crippen molar-refractivity contribution >= 4 is 29.3 Å². The summed E-state index contributed by atoms with van der Waals surface area (Å²) in [5.74, 6) is -5.40. The van der Waals surface area contributed by atoms with E-state index in [-0.39, 0.29) is 36.3 Å². The molecule has 4 rings (SSSR count). The molecule has 12 nitrogen and oxygen atoms in total. The molecule has 1 aromatic rings. The van der Waals surface area contributed by atoms with Crippen LogP contribution in [-0.2, 0) is 20.7 Å². The van der Waals surface area contributed by atoms with Gasteiger partial charge in [-0.3, -0.25) is 24.6 Å². The van der Waals surface area contributed by atoms with Crippen molar-refractivity contribution in [3.05, 3.63) is 45.9 Å². The Labute approximate surface area is 211 Å². The number of aliphatic hydroxyl groups is 3. The highest BCUT2D eigenvalue weighted by Gasteiger charge is 2.63. The van der Waals surface area contributed by atoms with Crippen LogP contribution in [-0.4, -0.2) is 81.2 Å². The van der Waals surface area contributed by atoms with Crippen LogP contribution in [0, 0.1) is 24.2 Å². The molecule has 12 heteroatoms.